The monoisotopic (exact) mass is 256 g/mol. The van der Waals surface area contributed by atoms with Gasteiger partial charge in [-0.2, -0.15) is 0 Å². The molecule has 0 saturated heterocycles. The average molecular weight is 256 g/mol. The van der Waals surface area contributed by atoms with Crippen molar-refractivity contribution >= 4 is 5.91 Å². The van der Waals surface area contributed by atoms with Gasteiger partial charge in [-0.1, -0.05) is 13.3 Å². The van der Waals surface area contributed by atoms with Crippen LogP contribution >= 0.6 is 0 Å². The van der Waals surface area contributed by atoms with Crippen LogP contribution in [0.15, 0.2) is 0 Å². The molecule has 0 radical (unpaired) electrons. The molecule has 0 bridgehead atoms. The number of hydrogen-bond donors (Lipinski definition) is 2. The average Bonchev–Trinajstić information content (AvgIpc) is 2.25. The molecule has 0 aromatic rings. The minimum Gasteiger partial charge on any atom is -0.378 e. The number of hydrogen-bond acceptors (Lipinski definition) is 3. The van der Waals surface area contributed by atoms with Crippen molar-refractivity contribution in [3.05, 3.63) is 0 Å². The molecule has 1 saturated carbocycles. The van der Waals surface area contributed by atoms with E-state index in [1.807, 2.05) is 20.8 Å². The largest absolute Gasteiger partial charge is 0.378 e. The van der Waals surface area contributed by atoms with Gasteiger partial charge in [-0.05, 0) is 39.5 Å². The maximum Gasteiger partial charge on any atom is 0.223 e. The van der Waals surface area contributed by atoms with E-state index in [0.717, 1.165) is 38.7 Å². The standard InChI is InChI=1S/C14H28N2O2/c1-4-18-13-8-12(9-13)16-14(17)10(2)6-5-7-11(3)15/h10-13H,4-9,15H2,1-3H3,(H,16,17). The van der Waals surface area contributed by atoms with Crippen molar-refractivity contribution in [3.63, 3.8) is 0 Å². The molecule has 1 rings (SSSR count). The first-order valence-electron chi connectivity index (χ1n) is 7.20. The topological polar surface area (TPSA) is 64.3 Å². The SMILES string of the molecule is CCOC1CC(NC(=O)C(C)CCCC(C)N)C1. The molecule has 2 atom stereocenters. The molecule has 0 aliphatic heterocycles. The molecule has 4 heteroatoms. The zero-order valence-electron chi connectivity index (χ0n) is 11.9. The molecule has 4 nitrogen and oxygen atoms in total. The number of amides is 1. The molecule has 1 aliphatic rings. The van der Waals surface area contributed by atoms with Gasteiger partial charge in [0.1, 0.15) is 0 Å². The van der Waals surface area contributed by atoms with Gasteiger partial charge in [0.2, 0.25) is 5.91 Å². The van der Waals surface area contributed by atoms with Crippen LogP contribution < -0.4 is 11.1 Å². The number of carbonyl (C=O) groups excluding carboxylic acids is 1. The summed E-state index contributed by atoms with van der Waals surface area (Å²) in [6, 6.07) is 0.559. The predicted octanol–water partition coefficient (Wildman–Crippen LogP) is 1.82. The fourth-order valence-corrected chi connectivity index (χ4v) is 2.28. The highest BCUT2D eigenvalue weighted by Crippen LogP contribution is 2.23. The van der Waals surface area contributed by atoms with Gasteiger partial charge < -0.3 is 15.8 Å². The van der Waals surface area contributed by atoms with E-state index < -0.39 is 0 Å². The first-order valence-corrected chi connectivity index (χ1v) is 7.20. The molecule has 0 aromatic carbocycles. The maximum absolute atomic E-state index is 11.9. The van der Waals surface area contributed by atoms with Crippen molar-refractivity contribution in [2.24, 2.45) is 11.7 Å². The number of ether oxygens (including phenoxy) is 1. The fraction of sp³-hybridized carbons (Fsp3) is 0.929. The van der Waals surface area contributed by atoms with Crippen molar-refractivity contribution in [3.8, 4) is 0 Å². The summed E-state index contributed by atoms with van der Waals surface area (Å²) in [6.45, 7) is 6.77. The highest BCUT2D eigenvalue weighted by molar-refractivity contribution is 5.78. The van der Waals surface area contributed by atoms with Crippen LogP contribution in [0.4, 0.5) is 0 Å². The Kier molecular flexibility index (Phi) is 6.65. The van der Waals surface area contributed by atoms with Crippen LogP contribution in [-0.2, 0) is 9.53 Å². The minimum atomic E-state index is 0.0925. The van der Waals surface area contributed by atoms with Gasteiger partial charge in [0, 0.05) is 24.6 Å². The van der Waals surface area contributed by atoms with E-state index in [1.165, 1.54) is 0 Å². The van der Waals surface area contributed by atoms with E-state index in [9.17, 15) is 4.79 Å². The van der Waals surface area contributed by atoms with E-state index >= 15 is 0 Å². The fourth-order valence-electron chi connectivity index (χ4n) is 2.28. The third kappa shape index (κ3) is 5.36. The first-order chi connectivity index (χ1) is 8.52. The van der Waals surface area contributed by atoms with Gasteiger partial charge >= 0.3 is 0 Å². The highest BCUT2D eigenvalue weighted by atomic mass is 16.5. The summed E-state index contributed by atoms with van der Waals surface area (Å²) < 4.78 is 5.48. The van der Waals surface area contributed by atoms with Crippen molar-refractivity contribution in [1.29, 1.82) is 0 Å². The molecule has 1 fully saturated rings. The number of nitrogens with two attached hydrogens (primary N) is 1. The Morgan fingerprint density at radius 3 is 2.61 bits per heavy atom. The summed E-state index contributed by atoms with van der Waals surface area (Å²) >= 11 is 0. The van der Waals surface area contributed by atoms with E-state index in [2.05, 4.69) is 5.32 Å². The summed E-state index contributed by atoms with van der Waals surface area (Å²) in [5.41, 5.74) is 5.70. The van der Waals surface area contributed by atoms with E-state index in [4.69, 9.17) is 10.5 Å². The van der Waals surface area contributed by atoms with Crippen LogP contribution in [0.2, 0.25) is 0 Å². The molecule has 2 unspecified atom stereocenters. The second kappa shape index (κ2) is 7.74. The van der Waals surface area contributed by atoms with Crippen molar-refractivity contribution in [2.45, 2.75) is 71.1 Å². The van der Waals surface area contributed by atoms with Crippen LogP contribution in [0.25, 0.3) is 0 Å². The Bertz CT molecular complexity index is 250. The molecule has 0 aromatic heterocycles. The van der Waals surface area contributed by atoms with Crippen LogP contribution in [0.1, 0.15) is 52.9 Å². The van der Waals surface area contributed by atoms with Crippen LogP contribution in [0.3, 0.4) is 0 Å². The summed E-state index contributed by atoms with van der Waals surface area (Å²) in [5.74, 6) is 0.273. The molecule has 0 spiro atoms. The zero-order chi connectivity index (χ0) is 13.5. The molecule has 1 aliphatic carbocycles. The van der Waals surface area contributed by atoms with Crippen LogP contribution in [0.5, 0.6) is 0 Å². The van der Waals surface area contributed by atoms with Crippen LogP contribution in [-0.4, -0.2) is 30.7 Å². The smallest absolute Gasteiger partial charge is 0.223 e. The molecular weight excluding hydrogens is 228 g/mol. The Morgan fingerprint density at radius 2 is 2.06 bits per heavy atom. The van der Waals surface area contributed by atoms with Crippen molar-refractivity contribution < 1.29 is 9.53 Å². The zero-order valence-corrected chi connectivity index (χ0v) is 11.9. The molecule has 0 heterocycles. The van der Waals surface area contributed by atoms with E-state index in [0.29, 0.717) is 12.1 Å². The Balaban J connectivity index is 2.09. The second-order valence-electron chi connectivity index (χ2n) is 5.56. The number of nitrogens with one attached hydrogen (secondary N) is 1. The lowest BCUT2D eigenvalue weighted by Crippen LogP contribution is -2.49. The molecule has 3 N–H and O–H groups in total. The van der Waals surface area contributed by atoms with Gasteiger partial charge in [0.15, 0.2) is 0 Å². The summed E-state index contributed by atoms with van der Waals surface area (Å²) in [7, 11) is 0. The first kappa shape index (κ1) is 15.4. The third-order valence-electron chi connectivity index (χ3n) is 3.59. The molecular formula is C14H28N2O2. The van der Waals surface area contributed by atoms with E-state index in [1.54, 1.807) is 0 Å². The normalized spacial score (nSPS) is 26.2. The Morgan fingerprint density at radius 1 is 1.39 bits per heavy atom. The van der Waals surface area contributed by atoms with Crippen LogP contribution in [0, 0.1) is 5.92 Å². The van der Waals surface area contributed by atoms with Gasteiger partial charge in [-0.25, -0.2) is 0 Å². The Labute approximate surface area is 111 Å². The second-order valence-corrected chi connectivity index (χ2v) is 5.56. The van der Waals surface area contributed by atoms with E-state index in [-0.39, 0.29) is 17.9 Å². The highest BCUT2D eigenvalue weighted by Gasteiger charge is 2.31. The predicted molar refractivity (Wildman–Crippen MR) is 73.2 cm³/mol. The lowest BCUT2D eigenvalue weighted by atomic mass is 9.88. The Hall–Kier alpha value is -0.610. The summed E-state index contributed by atoms with van der Waals surface area (Å²) in [4.78, 5) is 11.9. The number of carbonyl (C=O) groups is 1. The van der Waals surface area contributed by atoms with Gasteiger partial charge in [-0.15, -0.1) is 0 Å². The molecule has 1 amide bonds. The van der Waals surface area contributed by atoms with Gasteiger partial charge in [-0.3, -0.25) is 4.79 Å². The molecule has 106 valence electrons. The molecule has 18 heavy (non-hydrogen) atoms. The lowest BCUT2D eigenvalue weighted by molar-refractivity contribution is -0.127. The van der Waals surface area contributed by atoms with Crippen molar-refractivity contribution in [2.75, 3.05) is 6.61 Å². The third-order valence-corrected chi connectivity index (χ3v) is 3.59. The maximum atomic E-state index is 11.9. The van der Waals surface area contributed by atoms with Crippen molar-refractivity contribution in [1.82, 2.24) is 5.32 Å². The van der Waals surface area contributed by atoms with Gasteiger partial charge in [0.25, 0.3) is 0 Å². The summed E-state index contributed by atoms with van der Waals surface area (Å²) in [6.07, 6.45) is 5.23. The summed E-state index contributed by atoms with van der Waals surface area (Å²) in [5, 5.41) is 3.09. The minimum absolute atomic E-state index is 0.0925. The lowest BCUT2D eigenvalue weighted by Gasteiger charge is -2.36. The number of rotatable bonds is 8. The van der Waals surface area contributed by atoms with Gasteiger partial charge in [0.05, 0.1) is 6.10 Å². The quantitative estimate of drug-likeness (QED) is 0.696.